The molecular formula is C17H23N5O2. The first-order valence-electron chi connectivity index (χ1n) is 8.37. The summed E-state index contributed by atoms with van der Waals surface area (Å²) in [6.07, 6.45) is 5.90. The highest BCUT2D eigenvalue weighted by molar-refractivity contribution is 5.78. The van der Waals surface area contributed by atoms with Gasteiger partial charge in [-0.05, 0) is 43.4 Å². The molecule has 0 spiro atoms. The van der Waals surface area contributed by atoms with E-state index in [1.807, 2.05) is 26.0 Å². The number of nitrogens with one attached hydrogen (secondary N) is 2. The maximum absolute atomic E-state index is 12.1. The molecule has 2 heterocycles. The second-order valence-electron chi connectivity index (χ2n) is 6.56. The van der Waals surface area contributed by atoms with Crippen molar-refractivity contribution in [1.82, 2.24) is 25.8 Å². The van der Waals surface area contributed by atoms with E-state index in [0.29, 0.717) is 18.3 Å². The lowest BCUT2D eigenvalue weighted by Crippen LogP contribution is -2.38. The Morgan fingerprint density at radius 1 is 1.42 bits per heavy atom. The van der Waals surface area contributed by atoms with Crippen molar-refractivity contribution in [3.05, 3.63) is 30.4 Å². The second kappa shape index (κ2) is 7.53. The van der Waals surface area contributed by atoms with Gasteiger partial charge in [-0.1, -0.05) is 19.0 Å². The molecule has 3 rings (SSSR count). The number of hydrogen-bond donors (Lipinski definition) is 2. The predicted molar refractivity (Wildman–Crippen MR) is 88.8 cm³/mol. The number of amides is 1. The number of aromatic nitrogens is 3. The lowest BCUT2D eigenvalue weighted by molar-refractivity contribution is -0.121. The van der Waals surface area contributed by atoms with Gasteiger partial charge < -0.3 is 15.2 Å². The van der Waals surface area contributed by atoms with Crippen LogP contribution in [0.2, 0.25) is 0 Å². The van der Waals surface area contributed by atoms with Crippen molar-refractivity contribution in [2.75, 3.05) is 13.1 Å². The summed E-state index contributed by atoms with van der Waals surface area (Å²) in [5.41, 5.74) is 0.785. The first-order chi connectivity index (χ1) is 11.6. The molecule has 1 aliphatic carbocycles. The van der Waals surface area contributed by atoms with Gasteiger partial charge in [-0.2, -0.15) is 4.98 Å². The summed E-state index contributed by atoms with van der Waals surface area (Å²) in [7, 11) is 0. The fourth-order valence-electron chi connectivity index (χ4n) is 2.42. The minimum atomic E-state index is -0.307. The molecule has 0 bridgehead atoms. The molecule has 2 aromatic heterocycles. The van der Waals surface area contributed by atoms with Crippen molar-refractivity contribution in [1.29, 1.82) is 0 Å². The van der Waals surface area contributed by atoms with E-state index < -0.39 is 0 Å². The SMILES string of the molecule is CC(C)C(NC(=O)CNCC1CC1)c1nc(-c2cccnc2)no1. The van der Waals surface area contributed by atoms with E-state index in [-0.39, 0.29) is 17.9 Å². The number of carbonyl (C=O) groups is 1. The van der Waals surface area contributed by atoms with Crippen LogP contribution in [-0.2, 0) is 4.79 Å². The van der Waals surface area contributed by atoms with Gasteiger partial charge in [0.1, 0.15) is 6.04 Å². The van der Waals surface area contributed by atoms with Gasteiger partial charge in [0, 0.05) is 18.0 Å². The van der Waals surface area contributed by atoms with Crippen LogP contribution >= 0.6 is 0 Å². The van der Waals surface area contributed by atoms with Gasteiger partial charge in [0.25, 0.3) is 0 Å². The van der Waals surface area contributed by atoms with Crippen LogP contribution in [0, 0.1) is 11.8 Å². The van der Waals surface area contributed by atoms with E-state index >= 15 is 0 Å². The van der Waals surface area contributed by atoms with Crippen LogP contribution in [0.3, 0.4) is 0 Å². The lowest BCUT2D eigenvalue weighted by Gasteiger charge is -2.18. The highest BCUT2D eigenvalue weighted by Gasteiger charge is 2.25. The third kappa shape index (κ3) is 4.38. The number of carbonyl (C=O) groups excluding carboxylic acids is 1. The number of nitrogens with zero attached hydrogens (tertiary/aromatic N) is 3. The Morgan fingerprint density at radius 2 is 2.25 bits per heavy atom. The Morgan fingerprint density at radius 3 is 2.92 bits per heavy atom. The third-order valence-corrected chi connectivity index (χ3v) is 4.03. The molecular weight excluding hydrogens is 306 g/mol. The molecule has 0 aromatic carbocycles. The standard InChI is InChI=1S/C17H23N5O2/c1-11(2)15(20-14(23)10-19-8-12-5-6-12)17-21-16(22-24-17)13-4-3-7-18-9-13/h3-4,7,9,11-12,15,19H,5-6,8,10H2,1-2H3,(H,20,23). The summed E-state index contributed by atoms with van der Waals surface area (Å²) in [5.74, 6) is 1.72. The van der Waals surface area contributed by atoms with Crippen LogP contribution in [-0.4, -0.2) is 34.1 Å². The monoisotopic (exact) mass is 329 g/mol. The zero-order chi connectivity index (χ0) is 16.9. The number of hydrogen-bond acceptors (Lipinski definition) is 6. The topological polar surface area (TPSA) is 92.9 Å². The average Bonchev–Trinajstić information content (AvgIpc) is 3.27. The molecule has 7 nitrogen and oxygen atoms in total. The zero-order valence-electron chi connectivity index (χ0n) is 14.0. The zero-order valence-corrected chi connectivity index (χ0v) is 14.0. The van der Waals surface area contributed by atoms with E-state index in [1.54, 1.807) is 12.4 Å². The number of pyridine rings is 1. The fraction of sp³-hybridized carbons (Fsp3) is 0.529. The van der Waals surface area contributed by atoms with Crippen LogP contribution in [0.1, 0.15) is 38.6 Å². The normalized spacial score (nSPS) is 15.5. The molecule has 0 aliphatic heterocycles. The first-order valence-corrected chi connectivity index (χ1v) is 8.37. The fourth-order valence-corrected chi connectivity index (χ4v) is 2.42. The summed E-state index contributed by atoms with van der Waals surface area (Å²) < 4.78 is 5.37. The maximum atomic E-state index is 12.1. The molecule has 24 heavy (non-hydrogen) atoms. The van der Waals surface area contributed by atoms with Gasteiger partial charge in [-0.3, -0.25) is 9.78 Å². The molecule has 2 aromatic rings. The van der Waals surface area contributed by atoms with Crippen LogP contribution in [0.25, 0.3) is 11.4 Å². The quantitative estimate of drug-likeness (QED) is 0.769. The number of rotatable bonds is 8. The van der Waals surface area contributed by atoms with Crippen molar-refractivity contribution < 1.29 is 9.32 Å². The second-order valence-corrected chi connectivity index (χ2v) is 6.56. The molecule has 2 N–H and O–H groups in total. The van der Waals surface area contributed by atoms with Gasteiger partial charge in [-0.25, -0.2) is 0 Å². The smallest absolute Gasteiger partial charge is 0.249 e. The Hall–Kier alpha value is -2.28. The first kappa shape index (κ1) is 16.6. The Labute approximate surface area is 141 Å². The van der Waals surface area contributed by atoms with E-state index in [4.69, 9.17) is 4.52 Å². The van der Waals surface area contributed by atoms with Crippen LogP contribution in [0.5, 0.6) is 0 Å². The minimum Gasteiger partial charge on any atom is -0.343 e. The van der Waals surface area contributed by atoms with Gasteiger partial charge in [0.15, 0.2) is 0 Å². The average molecular weight is 329 g/mol. The van der Waals surface area contributed by atoms with E-state index in [1.165, 1.54) is 12.8 Å². The predicted octanol–water partition coefficient (Wildman–Crippen LogP) is 1.94. The van der Waals surface area contributed by atoms with Gasteiger partial charge >= 0.3 is 0 Å². The summed E-state index contributed by atoms with van der Waals surface area (Å²) in [6, 6.07) is 3.38. The highest BCUT2D eigenvalue weighted by Crippen LogP contribution is 2.27. The van der Waals surface area contributed by atoms with Gasteiger partial charge in [0.05, 0.1) is 6.54 Å². The molecule has 0 radical (unpaired) electrons. The van der Waals surface area contributed by atoms with E-state index in [2.05, 4.69) is 25.8 Å². The van der Waals surface area contributed by atoms with Crippen molar-refractivity contribution in [3.63, 3.8) is 0 Å². The molecule has 1 atom stereocenters. The minimum absolute atomic E-state index is 0.0597. The molecule has 7 heteroatoms. The van der Waals surface area contributed by atoms with Crippen molar-refractivity contribution in [2.45, 2.75) is 32.7 Å². The summed E-state index contributed by atoms with van der Waals surface area (Å²) >= 11 is 0. The van der Waals surface area contributed by atoms with Crippen molar-refractivity contribution >= 4 is 5.91 Å². The molecule has 128 valence electrons. The van der Waals surface area contributed by atoms with E-state index in [9.17, 15) is 4.79 Å². The molecule has 1 amide bonds. The molecule has 0 saturated heterocycles. The molecule has 1 saturated carbocycles. The summed E-state index contributed by atoms with van der Waals surface area (Å²) in [5, 5.41) is 10.2. The van der Waals surface area contributed by atoms with E-state index in [0.717, 1.165) is 18.0 Å². The molecule has 1 fully saturated rings. The molecule has 1 unspecified atom stereocenters. The Kier molecular flexibility index (Phi) is 5.20. The highest BCUT2D eigenvalue weighted by atomic mass is 16.5. The third-order valence-electron chi connectivity index (χ3n) is 4.03. The van der Waals surface area contributed by atoms with Crippen LogP contribution in [0.15, 0.2) is 29.0 Å². The summed E-state index contributed by atoms with van der Waals surface area (Å²) in [4.78, 5) is 20.6. The van der Waals surface area contributed by atoms with Crippen LogP contribution in [0.4, 0.5) is 0 Å². The van der Waals surface area contributed by atoms with Crippen molar-refractivity contribution in [3.8, 4) is 11.4 Å². The maximum Gasteiger partial charge on any atom is 0.249 e. The van der Waals surface area contributed by atoms with Crippen molar-refractivity contribution in [2.24, 2.45) is 11.8 Å². The van der Waals surface area contributed by atoms with Gasteiger partial charge in [0.2, 0.25) is 17.6 Å². The Balaban J connectivity index is 1.62. The lowest BCUT2D eigenvalue weighted by atomic mass is 10.0. The largest absolute Gasteiger partial charge is 0.343 e. The molecule has 1 aliphatic rings. The van der Waals surface area contributed by atoms with Gasteiger partial charge in [-0.15, -0.1) is 0 Å². The summed E-state index contributed by atoms with van der Waals surface area (Å²) in [6.45, 7) is 5.24. The Bertz CT molecular complexity index is 667. The van der Waals surface area contributed by atoms with Crippen LogP contribution < -0.4 is 10.6 Å².